The van der Waals surface area contributed by atoms with Crippen molar-refractivity contribution in [3.05, 3.63) is 51.8 Å². The van der Waals surface area contributed by atoms with Crippen molar-refractivity contribution in [3.63, 3.8) is 0 Å². The van der Waals surface area contributed by atoms with Crippen molar-refractivity contribution >= 4 is 5.96 Å². The average Bonchev–Trinajstić information content (AvgIpc) is 2.79. The summed E-state index contributed by atoms with van der Waals surface area (Å²) in [5, 5.41) is 17.6. The molecule has 6 N–H and O–H groups in total. The number of nitrogens with zero attached hydrogens (tertiary/aromatic N) is 2. The van der Waals surface area contributed by atoms with Crippen LogP contribution in [-0.2, 0) is 6.54 Å². The fraction of sp³-hybridized carbons (Fsp3) is 0.609. The summed E-state index contributed by atoms with van der Waals surface area (Å²) in [6.45, 7) is 3.96. The van der Waals surface area contributed by atoms with Gasteiger partial charge < -0.3 is 21.1 Å². The van der Waals surface area contributed by atoms with Gasteiger partial charge in [-0.15, -0.1) is 0 Å². The molecule has 3 rings (SSSR count). The quantitative estimate of drug-likeness (QED) is 0.247. The van der Waals surface area contributed by atoms with E-state index in [9.17, 15) is 10.1 Å². The van der Waals surface area contributed by atoms with Crippen LogP contribution in [0.4, 0.5) is 0 Å². The summed E-state index contributed by atoms with van der Waals surface area (Å²) in [5.74, 6) is 2.15. The van der Waals surface area contributed by atoms with Gasteiger partial charge in [0.25, 0.3) is 0 Å². The van der Waals surface area contributed by atoms with Crippen LogP contribution in [0.5, 0.6) is 5.75 Å². The van der Waals surface area contributed by atoms with E-state index in [1.807, 2.05) is 24.3 Å². The van der Waals surface area contributed by atoms with Gasteiger partial charge in [-0.05, 0) is 74.6 Å². The summed E-state index contributed by atoms with van der Waals surface area (Å²) in [5.41, 5.74) is 12.0. The Labute approximate surface area is 189 Å². The van der Waals surface area contributed by atoms with Crippen LogP contribution in [0.2, 0.25) is 0 Å². The molecule has 9 nitrogen and oxygen atoms in total. The van der Waals surface area contributed by atoms with E-state index in [-0.39, 0.29) is 5.70 Å². The van der Waals surface area contributed by atoms with Crippen LogP contribution in [0.25, 0.3) is 0 Å². The van der Waals surface area contributed by atoms with Crippen molar-refractivity contribution in [1.29, 1.82) is 0 Å². The van der Waals surface area contributed by atoms with Crippen LogP contribution in [0, 0.1) is 22.0 Å². The maximum absolute atomic E-state index is 11.6. The fourth-order valence-corrected chi connectivity index (χ4v) is 4.36. The molecule has 1 unspecified atom stereocenters. The van der Waals surface area contributed by atoms with Gasteiger partial charge in [0.15, 0.2) is 11.6 Å². The van der Waals surface area contributed by atoms with Crippen LogP contribution in [0.1, 0.15) is 57.4 Å². The van der Waals surface area contributed by atoms with E-state index in [1.165, 1.54) is 6.20 Å². The fourth-order valence-electron chi connectivity index (χ4n) is 4.36. The molecule has 1 heterocycles. The second kappa shape index (κ2) is 11.3. The molecule has 1 aromatic carbocycles. The molecule has 2 aliphatic rings. The van der Waals surface area contributed by atoms with Gasteiger partial charge in [-0.1, -0.05) is 25.5 Å². The Balaban J connectivity index is 1.63. The number of aliphatic imine (C=N–C) groups is 1. The zero-order valence-corrected chi connectivity index (χ0v) is 18.9. The third kappa shape index (κ3) is 6.43. The monoisotopic (exact) mass is 444 g/mol. The SMILES string of the molecule is CCCCOc1ccc(CN=C2NC=C([N+](=O)[O-])C(N)(CC3CCC(CN)CC3)N2)cc1. The first-order valence-corrected chi connectivity index (χ1v) is 11.6. The molecule has 1 aliphatic carbocycles. The molecule has 0 aromatic heterocycles. The maximum Gasteiger partial charge on any atom is 0.301 e. The number of nitrogens with two attached hydrogens (primary N) is 2. The van der Waals surface area contributed by atoms with E-state index in [4.69, 9.17) is 16.2 Å². The third-order valence-electron chi connectivity index (χ3n) is 6.36. The van der Waals surface area contributed by atoms with Crippen LogP contribution in [0.15, 0.2) is 41.2 Å². The summed E-state index contributed by atoms with van der Waals surface area (Å²) < 4.78 is 5.69. The molecular formula is C23H36N6O3. The van der Waals surface area contributed by atoms with Crippen LogP contribution in [-0.4, -0.2) is 29.7 Å². The minimum absolute atomic E-state index is 0.0639. The Morgan fingerprint density at radius 1 is 1.22 bits per heavy atom. The first-order chi connectivity index (χ1) is 15.4. The molecule has 176 valence electrons. The highest BCUT2D eigenvalue weighted by Gasteiger charge is 2.44. The molecule has 32 heavy (non-hydrogen) atoms. The van der Waals surface area contributed by atoms with E-state index in [0.717, 1.165) is 49.8 Å². The molecule has 0 amide bonds. The molecule has 1 aliphatic heterocycles. The highest BCUT2D eigenvalue weighted by molar-refractivity contribution is 5.83. The van der Waals surface area contributed by atoms with Crippen molar-refractivity contribution in [2.24, 2.45) is 28.3 Å². The smallest absolute Gasteiger partial charge is 0.301 e. The maximum atomic E-state index is 11.6. The van der Waals surface area contributed by atoms with Gasteiger partial charge in [0.1, 0.15) is 5.75 Å². The number of nitrogens with one attached hydrogen (secondary N) is 2. The van der Waals surface area contributed by atoms with Gasteiger partial charge in [-0.2, -0.15) is 0 Å². The summed E-state index contributed by atoms with van der Waals surface area (Å²) in [4.78, 5) is 15.8. The number of ether oxygens (including phenoxy) is 1. The highest BCUT2D eigenvalue weighted by atomic mass is 16.6. The minimum Gasteiger partial charge on any atom is -0.494 e. The molecule has 1 aromatic rings. The summed E-state index contributed by atoms with van der Waals surface area (Å²) >= 11 is 0. The van der Waals surface area contributed by atoms with Gasteiger partial charge in [0.2, 0.25) is 0 Å². The minimum atomic E-state index is -1.26. The summed E-state index contributed by atoms with van der Waals surface area (Å²) in [6, 6.07) is 7.81. The number of unbranched alkanes of at least 4 members (excludes halogenated alkanes) is 1. The Bertz CT molecular complexity index is 818. The number of nitro groups is 1. The van der Waals surface area contributed by atoms with Crippen LogP contribution >= 0.6 is 0 Å². The van der Waals surface area contributed by atoms with Crippen molar-refractivity contribution in [2.45, 2.75) is 64.1 Å². The molecule has 1 atom stereocenters. The number of guanidine groups is 1. The predicted octanol–water partition coefficient (Wildman–Crippen LogP) is 2.84. The molecule has 9 heteroatoms. The summed E-state index contributed by atoms with van der Waals surface area (Å²) in [7, 11) is 0. The number of rotatable bonds is 10. The van der Waals surface area contributed by atoms with Gasteiger partial charge in [0.05, 0.1) is 24.3 Å². The number of hydrogen-bond donors (Lipinski definition) is 4. The zero-order chi connectivity index (χ0) is 23.0. The Hall–Kier alpha value is -2.65. The van der Waals surface area contributed by atoms with Gasteiger partial charge in [0, 0.05) is 0 Å². The second-order valence-electron chi connectivity index (χ2n) is 8.86. The van der Waals surface area contributed by atoms with E-state index in [2.05, 4.69) is 22.5 Å². The topological polar surface area (TPSA) is 141 Å². The largest absolute Gasteiger partial charge is 0.494 e. The van der Waals surface area contributed by atoms with E-state index >= 15 is 0 Å². The molecule has 0 saturated heterocycles. The first-order valence-electron chi connectivity index (χ1n) is 11.6. The lowest BCUT2D eigenvalue weighted by Gasteiger charge is -2.37. The predicted molar refractivity (Wildman–Crippen MR) is 125 cm³/mol. The van der Waals surface area contributed by atoms with E-state index in [0.29, 0.717) is 43.9 Å². The first kappa shape index (κ1) is 24.0. The van der Waals surface area contributed by atoms with Gasteiger partial charge in [-0.25, -0.2) is 4.99 Å². The lowest BCUT2D eigenvalue weighted by Crippen LogP contribution is -2.64. The molecule has 0 radical (unpaired) electrons. The van der Waals surface area contributed by atoms with Gasteiger partial charge in [-0.3, -0.25) is 15.8 Å². The second-order valence-corrected chi connectivity index (χ2v) is 8.86. The molecule has 1 saturated carbocycles. The number of benzene rings is 1. The average molecular weight is 445 g/mol. The van der Waals surface area contributed by atoms with Crippen molar-refractivity contribution in [2.75, 3.05) is 13.2 Å². The van der Waals surface area contributed by atoms with E-state index in [1.54, 1.807) is 0 Å². The Kier molecular flexibility index (Phi) is 8.46. The third-order valence-corrected chi connectivity index (χ3v) is 6.36. The van der Waals surface area contributed by atoms with Crippen molar-refractivity contribution < 1.29 is 9.66 Å². The highest BCUT2D eigenvalue weighted by Crippen LogP contribution is 2.34. The normalized spacial score (nSPS) is 26.7. The zero-order valence-electron chi connectivity index (χ0n) is 18.9. The summed E-state index contributed by atoms with van der Waals surface area (Å²) in [6.07, 6.45) is 8.05. The van der Waals surface area contributed by atoms with E-state index < -0.39 is 10.6 Å². The van der Waals surface area contributed by atoms with Crippen molar-refractivity contribution in [3.8, 4) is 5.75 Å². The van der Waals surface area contributed by atoms with Crippen LogP contribution in [0.3, 0.4) is 0 Å². The van der Waals surface area contributed by atoms with Crippen LogP contribution < -0.4 is 26.8 Å². The van der Waals surface area contributed by atoms with Crippen molar-refractivity contribution in [1.82, 2.24) is 10.6 Å². The molecule has 0 spiro atoms. The Morgan fingerprint density at radius 2 is 1.91 bits per heavy atom. The standard InChI is InChI=1S/C23H36N6O3/c1-2-3-12-32-20-10-8-19(9-11-20)15-26-22-27-16-21(29(30)31)23(25,28-22)13-17-4-6-18(14-24)7-5-17/h8-11,16-18H,2-7,12-15,24-25H2,1H3,(H2,26,27,28). The molecular weight excluding hydrogens is 408 g/mol. The lowest BCUT2D eigenvalue weighted by atomic mass is 9.77. The number of hydrogen-bond acceptors (Lipinski definition) is 6. The lowest BCUT2D eigenvalue weighted by molar-refractivity contribution is -0.437. The Morgan fingerprint density at radius 3 is 2.53 bits per heavy atom. The molecule has 0 bridgehead atoms. The van der Waals surface area contributed by atoms with Gasteiger partial charge >= 0.3 is 5.70 Å². The molecule has 1 fully saturated rings.